The maximum absolute atomic E-state index is 14.2. The van der Waals surface area contributed by atoms with E-state index in [0.29, 0.717) is 18.9 Å². The highest BCUT2D eigenvalue weighted by Gasteiger charge is 2.41. The van der Waals surface area contributed by atoms with Gasteiger partial charge in [0.2, 0.25) is 23.7 Å². The van der Waals surface area contributed by atoms with Crippen molar-refractivity contribution < 1.29 is 28.7 Å². The molecule has 1 aliphatic heterocycles. The highest BCUT2D eigenvalue weighted by atomic mass is 16.5. The third-order valence-corrected chi connectivity index (χ3v) is 11.1. The lowest BCUT2D eigenvalue weighted by molar-refractivity contribution is -0.146. The van der Waals surface area contributed by atoms with Gasteiger partial charge in [-0.25, -0.2) is 14.8 Å². The Morgan fingerprint density at radius 3 is 2.26 bits per heavy atom. The number of likely N-dealkylation sites (N-methyl/N-ethyl adjacent to an activating group) is 1. The van der Waals surface area contributed by atoms with Crippen molar-refractivity contribution in [1.82, 2.24) is 25.1 Å². The van der Waals surface area contributed by atoms with E-state index in [0.717, 1.165) is 30.5 Å². The van der Waals surface area contributed by atoms with Crippen LogP contribution in [0.1, 0.15) is 98.2 Å². The number of esters is 1. The Kier molecular flexibility index (Phi) is 16.7. The van der Waals surface area contributed by atoms with Gasteiger partial charge in [0.15, 0.2) is 0 Å². The molecule has 1 fully saturated rings. The molecular formula is C41H64N6O6. The highest BCUT2D eigenvalue weighted by molar-refractivity contribution is 5.86. The SMILES string of the molecule is CC[C@H](C)[C@@H]([C@@H](CC(=O)N1CCC[C@H]1[C@H](C)[C@@H](C)C(=O)N[C@@H](Cc1ccccc1)C(=O)OC)OC)N(C)C(=O)[C@@H](Nc1nccc(C(C)C)n1)C(C)C. The molecule has 0 saturated carbocycles. The third-order valence-electron chi connectivity index (χ3n) is 11.1. The Bertz CT molecular complexity index is 1490. The summed E-state index contributed by atoms with van der Waals surface area (Å²) in [6.45, 7) is 16.7. The lowest BCUT2D eigenvalue weighted by Crippen LogP contribution is -2.55. The molecule has 1 aliphatic rings. The van der Waals surface area contributed by atoms with E-state index in [2.05, 4.69) is 48.3 Å². The van der Waals surface area contributed by atoms with Crippen LogP contribution in [0.4, 0.5) is 5.95 Å². The van der Waals surface area contributed by atoms with E-state index in [1.807, 2.05) is 69.0 Å². The second kappa shape index (κ2) is 20.4. The van der Waals surface area contributed by atoms with Gasteiger partial charge >= 0.3 is 5.97 Å². The average Bonchev–Trinajstić information content (AvgIpc) is 3.65. The second-order valence-electron chi connectivity index (χ2n) is 15.3. The second-order valence-corrected chi connectivity index (χ2v) is 15.3. The fourth-order valence-electron chi connectivity index (χ4n) is 7.36. The molecule has 8 atom stereocenters. The fraction of sp³-hybridized carbons (Fsp3) is 0.659. The van der Waals surface area contributed by atoms with E-state index in [1.54, 1.807) is 25.3 Å². The molecule has 0 aliphatic carbocycles. The van der Waals surface area contributed by atoms with Crippen LogP contribution in [0.2, 0.25) is 0 Å². The van der Waals surface area contributed by atoms with Crippen molar-refractivity contribution in [2.45, 2.75) is 124 Å². The molecule has 3 rings (SSSR count). The van der Waals surface area contributed by atoms with Crippen molar-refractivity contribution in [3.63, 3.8) is 0 Å². The molecule has 1 aromatic carbocycles. The molecule has 12 heteroatoms. The van der Waals surface area contributed by atoms with Crippen molar-refractivity contribution in [2.24, 2.45) is 23.7 Å². The molecular weight excluding hydrogens is 672 g/mol. The zero-order valence-electron chi connectivity index (χ0n) is 33.8. The Morgan fingerprint density at radius 2 is 1.68 bits per heavy atom. The number of rotatable bonds is 19. The monoisotopic (exact) mass is 736 g/mol. The normalized spacial score (nSPS) is 18.4. The number of aromatic nitrogens is 2. The molecule has 1 aromatic heterocycles. The Balaban J connectivity index is 1.75. The molecule has 0 bridgehead atoms. The smallest absolute Gasteiger partial charge is 0.328 e. The number of likely N-dealkylation sites (tertiary alicyclic amines) is 1. The first-order valence-corrected chi connectivity index (χ1v) is 19.2. The first kappa shape index (κ1) is 43.3. The lowest BCUT2D eigenvalue weighted by atomic mass is 9.86. The average molecular weight is 737 g/mol. The summed E-state index contributed by atoms with van der Waals surface area (Å²) in [5.41, 5.74) is 1.80. The minimum absolute atomic E-state index is 0.0330. The summed E-state index contributed by atoms with van der Waals surface area (Å²) in [6.07, 6.45) is 3.91. The van der Waals surface area contributed by atoms with Gasteiger partial charge < -0.3 is 29.9 Å². The Hall–Kier alpha value is -4.06. The number of carbonyl (C=O) groups excluding carboxylic acids is 4. The largest absolute Gasteiger partial charge is 0.467 e. The first-order valence-electron chi connectivity index (χ1n) is 19.2. The van der Waals surface area contributed by atoms with Gasteiger partial charge in [0.1, 0.15) is 12.1 Å². The fourth-order valence-corrected chi connectivity index (χ4v) is 7.36. The number of anilines is 1. The summed E-state index contributed by atoms with van der Waals surface area (Å²) in [6, 6.07) is 9.41. The number of carbonyl (C=O) groups is 4. The summed E-state index contributed by atoms with van der Waals surface area (Å²) in [5.74, 6) is -1.02. The molecule has 53 heavy (non-hydrogen) atoms. The number of methoxy groups -OCH3 is 2. The van der Waals surface area contributed by atoms with Crippen molar-refractivity contribution in [2.75, 3.05) is 33.1 Å². The quantitative estimate of drug-likeness (QED) is 0.179. The molecule has 1 saturated heterocycles. The topological polar surface area (TPSA) is 143 Å². The number of nitrogens with one attached hydrogen (secondary N) is 2. The van der Waals surface area contributed by atoms with Crippen LogP contribution in [0.25, 0.3) is 0 Å². The van der Waals surface area contributed by atoms with E-state index in [9.17, 15) is 19.2 Å². The van der Waals surface area contributed by atoms with Crippen molar-refractivity contribution in [3.05, 3.63) is 53.9 Å². The Morgan fingerprint density at radius 1 is 1.00 bits per heavy atom. The van der Waals surface area contributed by atoms with E-state index in [4.69, 9.17) is 9.47 Å². The lowest BCUT2D eigenvalue weighted by Gasteiger charge is -2.40. The zero-order chi connectivity index (χ0) is 39.4. The summed E-state index contributed by atoms with van der Waals surface area (Å²) in [4.78, 5) is 67.3. The first-order chi connectivity index (χ1) is 25.1. The van der Waals surface area contributed by atoms with Crippen molar-refractivity contribution in [3.8, 4) is 0 Å². The number of ether oxygens (including phenoxy) is 2. The van der Waals surface area contributed by atoms with Crippen LogP contribution in [0.3, 0.4) is 0 Å². The van der Waals surface area contributed by atoms with Gasteiger partial charge in [-0.3, -0.25) is 14.4 Å². The maximum atomic E-state index is 14.2. The predicted molar refractivity (Wildman–Crippen MR) is 207 cm³/mol. The molecule has 2 aromatic rings. The van der Waals surface area contributed by atoms with Gasteiger partial charge in [-0.1, -0.05) is 92.1 Å². The highest BCUT2D eigenvalue weighted by Crippen LogP contribution is 2.31. The summed E-state index contributed by atoms with van der Waals surface area (Å²) in [7, 11) is 4.70. The summed E-state index contributed by atoms with van der Waals surface area (Å²) >= 11 is 0. The van der Waals surface area contributed by atoms with Crippen LogP contribution in [-0.4, -0.2) is 102 Å². The molecule has 2 N–H and O–H groups in total. The van der Waals surface area contributed by atoms with Crippen molar-refractivity contribution in [1.29, 1.82) is 0 Å². The molecule has 294 valence electrons. The Labute approximate surface area is 317 Å². The van der Waals surface area contributed by atoms with E-state index < -0.39 is 30.1 Å². The minimum atomic E-state index is -0.825. The molecule has 0 spiro atoms. The minimum Gasteiger partial charge on any atom is -0.467 e. The van der Waals surface area contributed by atoms with Crippen LogP contribution in [0, 0.1) is 23.7 Å². The van der Waals surface area contributed by atoms with Crippen LogP contribution in [0.15, 0.2) is 42.6 Å². The van der Waals surface area contributed by atoms with Crippen LogP contribution >= 0.6 is 0 Å². The summed E-state index contributed by atoms with van der Waals surface area (Å²) in [5, 5.41) is 6.21. The van der Waals surface area contributed by atoms with Gasteiger partial charge in [0.25, 0.3) is 0 Å². The van der Waals surface area contributed by atoms with E-state index >= 15 is 0 Å². The van der Waals surface area contributed by atoms with Crippen LogP contribution < -0.4 is 10.6 Å². The number of benzene rings is 1. The van der Waals surface area contributed by atoms with Gasteiger partial charge in [-0.15, -0.1) is 0 Å². The van der Waals surface area contributed by atoms with Crippen LogP contribution in [0.5, 0.6) is 0 Å². The molecule has 0 unspecified atom stereocenters. The van der Waals surface area contributed by atoms with Gasteiger partial charge in [0.05, 0.1) is 25.7 Å². The predicted octanol–water partition coefficient (Wildman–Crippen LogP) is 5.48. The number of hydrogen-bond donors (Lipinski definition) is 2. The van der Waals surface area contributed by atoms with Crippen LogP contribution in [-0.2, 0) is 35.1 Å². The van der Waals surface area contributed by atoms with E-state index in [-0.39, 0.29) is 59.9 Å². The summed E-state index contributed by atoms with van der Waals surface area (Å²) < 4.78 is 11.1. The van der Waals surface area contributed by atoms with Gasteiger partial charge in [0, 0.05) is 51.0 Å². The van der Waals surface area contributed by atoms with Crippen molar-refractivity contribution >= 4 is 29.6 Å². The molecule has 0 radical (unpaired) electrons. The standard InChI is InChI=1S/C41H64N6O6/c1-12-27(6)37(46(9)39(50)36(26(4)5)45-41-42-21-20-31(44-41)25(2)3)34(52-10)24-35(48)47-22-16-19-33(47)28(7)29(8)38(49)43-32(40(51)53-11)23-30-17-14-13-15-18-30/h13-15,17-18,20-21,25-29,32-34,36-37H,12,16,19,22-24H2,1-11H3,(H,43,49)(H,42,44,45)/t27-,28+,29+,32-,33-,34+,36-,37-/m0/s1. The zero-order valence-corrected chi connectivity index (χ0v) is 33.8. The number of amides is 3. The molecule has 3 amide bonds. The number of hydrogen-bond acceptors (Lipinski definition) is 9. The van der Waals surface area contributed by atoms with Gasteiger partial charge in [-0.05, 0) is 48.1 Å². The molecule has 2 heterocycles. The molecule has 12 nitrogen and oxygen atoms in total. The number of nitrogens with zero attached hydrogens (tertiary/aromatic N) is 4. The van der Waals surface area contributed by atoms with Gasteiger partial charge in [-0.2, -0.15) is 0 Å². The maximum Gasteiger partial charge on any atom is 0.328 e. The third kappa shape index (κ3) is 11.5. The van der Waals surface area contributed by atoms with E-state index in [1.165, 1.54) is 7.11 Å².